The van der Waals surface area contributed by atoms with Crippen LogP contribution in [0.15, 0.2) is 0 Å². The van der Waals surface area contributed by atoms with Crippen LogP contribution in [-0.2, 0) is 20.0 Å². The van der Waals surface area contributed by atoms with Crippen molar-refractivity contribution in [1.29, 1.82) is 0 Å². The number of aromatic nitrogens is 2. The lowest BCUT2D eigenvalue weighted by atomic mass is 9.97. The van der Waals surface area contributed by atoms with E-state index in [1.165, 1.54) is 5.56 Å². The molecule has 0 aliphatic carbocycles. The molecule has 1 fully saturated rings. The second kappa shape index (κ2) is 6.39. The quantitative estimate of drug-likeness (QED) is 0.871. The van der Waals surface area contributed by atoms with Crippen LogP contribution in [0.5, 0.6) is 5.88 Å². The summed E-state index contributed by atoms with van der Waals surface area (Å²) in [7, 11) is 3.64. The van der Waals surface area contributed by atoms with E-state index in [1.807, 2.05) is 11.7 Å². The predicted octanol–water partition coefficient (Wildman–Crippen LogP) is 1.20. The molecule has 0 amide bonds. The Balaban J connectivity index is 2.06. The molecule has 0 atom stereocenters. The molecule has 0 aromatic carbocycles. The largest absolute Gasteiger partial charge is 0.481 e. The molecule has 1 N–H and O–H groups in total. The molecular formula is C14H25N3O2. The van der Waals surface area contributed by atoms with Gasteiger partial charge in [-0.25, -0.2) is 4.68 Å². The second-order valence-corrected chi connectivity index (χ2v) is 5.31. The Labute approximate surface area is 115 Å². The van der Waals surface area contributed by atoms with E-state index < -0.39 is 0 Å². The van der Waals surface area contributed by atoms with Gasteiger partial charge >= 0.3 is 0 Å². The van der Waals surface area contributed by atoms with Gasteiger partial charge in [0.1, 0.15) is 0 Å². The van der Waals surface area contributed by atoms with Crippen LogP contribution in [0.1, 0.15) is 31.0 Å². The second-order valence-electron chi connectivity index (χ2n) is 5.31. The van der Waals surface area contributed by atoms with Gasteiger partial charge in [-0.2, -0.15) is 5.10 Å². The maximum Gasteiger partial charge on any atom is 0.216 e. The minimum atomic E-state index is 0.324. The maximum absolute atomic E-state index is 9.18. The lowest BCUT2D eigenvalue weighted by molar-refractivity contribution is 0.126. The summed E-state index contributed by atoms with van der Waals surface area (Å²) < 4.78 is 7.30. The van der Waals surface area contributed by atoms with Crippen LogP contribution in [0.3, 0.4) is 0 Å². The summed E-state index contributed by atoms with van der Waals surface area (Å²) in [6.07, 6.45) is 3.10. The molecule has 0 radical (unpaired) electrons. The van der Waals surface area contributed by atoms with E-state index in [2.05, 4.69) is 16.9 Å². The van der Waals surface area contributed by atoms with Crippen molar-refractivity contribution in [3.8, 4) is 5.88 Å². The summed E-state index contributed by atoms with van der Waals surface area (Å²) >= 11 is 0. The van der Waals surface area contributed by atoms with Crippen molar-refractivity contribution in [3.05, 3.63) is 11.3 Å². The first-order valence-corrected chi connectivity index (χ1v) is 7.11. The van der Waals surface area contributed by atoms with Crippen molar-refractivity contribution in [1.82, 2.24) is 14.7 Å². The fourth-order valence-corrected chi connectivity index (χ4v) is 2.85. The van der Waals surface area contributed by atoms with Crippen LogP contribution in [0.2, 0.25) is 0 Å². The van der Waals surface area contributed by atoms with Gasteiger partial charge in [-0.05, 0) is 38.3 Å². The Morgan fingerprint density at radius 1 is 1.37 bits per heavy atom. The highest BCUT2D eigenvalue weighted by atomic mass is 16.5. The molecule has 2 heterocycles. The molecule has 1 aliphatic rings. The predicted molar refractivity (Wildman–Crippen MR) is 74.2 cm³/mol. The number of ether oxygens (including phenoxy) is 1. The number of hydrogen-bond donors (Lipinski definition) is 1. The molecule has 1 aromatic heterocycles. The summed E-state index contributed by atoms with van der Waals surface area (Å²) in [5.74, 6) is 1.36. The van der Waals surface area contributed by atoms with Gasteiger partial charge in [0, 0.05) is 20.2 Å². The molecule has 1 saturated heterocycles. The molecule has 2 rings (SSSR count). The third kappa shape index (κ3) is 3.09. The molecule has 19 heavy (non-hydrogen) atoms. The van der Waals surface area contributed by atoms with Crippen LogP contribution in [0.4, 0.5) is 0 Å². The SMILES string of the molecule is CCc1nn(C)c(OC)c1CN1CCC(CO)CC1. The first-order chi connectivity index (χ1) is 9.19. The standard InChI is InChI=1S/C14H25N3O2/c1-4-13-12(14(19-3)16(2)15-13)9-17-7-5-11(10-18)6-8-17/h11,18H,4-10H2,1-3H3. The van der Waals surface area contributed by atoms with Crippen LogP contribution < -0.4 is 4.74 Å². The molecule has 0 spiro atoms. The number of piperidine rings is 1. The summed E-state index contributed by atoms with van der Waals surface area (Å²) in [6.45, 7) is 5.45. The Hall–Kier alpha value is -1.07. The van der Waals surface area contributed by atoms with Crippen molar-refractivity contribution in [3.63, 3.8) is 0 Å². The fraction of sp³-hybridized carbons (Fsp3) is 0.786. The van der Waals surface area contributed by atoms with Crippen LogP contribution in [0.25, 0.3) is 0 Å². The van der Waals surface area contributed by atoms with Gasteiger partial charge in [-0.15, -0.1) is 0 Å². The number of aliphatic hydroxyl groups is 1. The Morgan fingerprint density at radius 2 is 2.05 bits per heavy atom. The fourth-order valence-electron chi connectivity index (χ4n) is 2.85. The topological polar surface area (TPSA) is 50.5 Å². The van der Waals surface area contributed by atoms with Crippen molar-refractivity contribution in [2.75, 3.05) is 26.8 Å². The minimum Gasteiger partial charge on any atom is -0.481 e. The number of nitrogens with zero attached hydrogens (tertiary/aromatic N) is 3. The third-order valence-corrected chi connectivity index (χ3v) is 4.05. The lowest BCUT2D eigenvalue weighted by Gasteiger charge is -2.31. The summed E-state index contributed by atoms with van der Waals surface area (Å²) in [5.41, 5.74) is 2.35. The monoisotopic (exact) mass is 267 g/mol. The highest BCUT2D eigenvalue weighted by molar-refractivity contribution is 5.31. The van der Waals surface area contributed by atoms with Crippen molar-refractivity contribution in [2.45, 2.75) is 32.7 Å². The first kappa shape index (κ1) is 14.3. The molecule has 0 bridgehead atoms. The van der Waals surface area contributed by atoms with Crippen molar-refractivity contribution < 1.29 is 9.84 Å². The number of likely N-dealkylation sites (tertiary alicyclic amines) is 1. The first-order valence-electron chi connectivity index (χ1n) is 7.11. The molecule has 108 valence electrons. The van der Waals surface area contributed by atoms with Gasteiger partial charge in [0.2, 0.25) is 5.88 Å². The molecule has 1 aliphatic heterocycles. The van der Waals surface area contributed by atoms with Gasteiger partial charge in [0.05, 0.1) is 18.4 Å². The molecule has 1 aromatic rings. The van der Waals surface area contributed by atoms with Gasteiger partial charge < -0.3 is 9.84 Å². The van der Waals surface area contributed by atoms with E-state index in [9.17, 15) is 5.11 Å². The van der Waals surface area contributed by atoms with Crippen molar-refractivity contribution >= 4 is 0 Å². The smallest absolute Gasteiger partial charge is 0.216 e. The van der Waals surface area contributed by atoms with Crippen molar-refractivity contribution in [2.24, 2.45) is 13.0 Å². The van der Waals surface area contributed by atoms with Crippen LogP contribution in [0, 0.1) is 5.92 Å². The lowest BCUT2D eigenvalue weighted by Crippen LogP contribution is -2.34. The number of aliphatic hydroxyl groups excluding tert-OH is 1. The zero-order chi connectivity index (χ0) is 13.8. The zero-order valence-corrected chi connectivity index (χ0v) is 12.2. The molecule has 0 saturated carbocycles. The Bertz CT molecular complexity index is 409. The molecule has 5 heteroatoms. The number of aryl methyl sites for hydroxylation is 2. The van der Waals surface area contributed by atoms with Crippen LogP contribution >= 0.6 is 0 Å². The summed E-state index contributed by atoms with van der Waals surface area (Å²) in [5, 5.41) is 13.7. The highest BCUT2D eigenvalue weighted by Crippen LogP contribution is 2.26. The van der Waals surface area contributed by atoms with Gasteiger partial charge in [-0.3, -0.25) is 4.90 Å². The van der Waals surface area contributed by atoms with Gasteiger partial charge in [0.25, 0.3) is 0 Å². The number of hydrogen-bond acceptors (Lipinski definition) is 4. The van der Waals surface area contributed by atoms with Gasteiger partial charge in [-0.1, -0.05) is 6.92 Å². The van der Waals surface area contributed by atoms with E-state index in [4.69, 9.17) is 4.74 Å². The molecule has 5 nitrogen and oxygen atoms in total. The average Bonchev–Trinajstić information content (AvgIpc) is 2.75. The van der Waals surface area contributed by atoms with E-state index in [0.29, 0.717) is 12.5 Å². The van der Waals surface area contributed by atoms with Crippen LogP contribution in [-0.4, -0.2) is 46.6 Å². The number of rotatable bonds is 5. The molecule has 0 unspecified atom stereocenters. The summed E-state index contributed by atoms with van der Waals surface area (Å²) in [4.78, 5) is 2.44. The third-order valence-electron chi connectivity index (χ3n) is 4.05. The Morgan fingerprint density at radius 3 is 2.58 bits per heavy atom. The van der Waals surface area contributed by atoms with Gasteiger partial charge in [0.15, 0.2) is 0 Å². The maximum atomic E-state index is 9.18. The number of methoxy groups -OCH3 is 1. The summed E-state index contributed by atoms with van der Waals surface area (Å²) in [6, 6.07) is 0. The average molecular weight is 267 g/mol. The normalized spacial score (nSPS) is 17.9. The van der Waals surface area contributed by atoms with E-state index in [1.54, 1.807) is 7.11 Å². The van der Waals surface area contributed by atoms with E-state index >= 15 is 0 Å². The highest BCUT2D eigenvalue weighted by Gasteiger charge is 2.22. The Kier molecular flexibility index (Phi) is 4.82. The van der Waals surface area contributed by atoms with E-state index in [0.717, 1.165) is 50.5 Å². The zero-order valence-electron chi connectivity index (χ0n) is 12.2. The van der Waals surface area contributed by atoms with E-state index in [-0.39, 0.29) is 0 Å². The molecular weight excluding hydrogens is 242 g/mol. The minimum absolute atomic E-state index is 0.324.